The average molecular weight is 551 g/mol. The molecule has 5 rings (SSSR count). The van der Waals surface area contributed by atoms with Gasteiger partial charge in [-0.05, 0) is 46.9 Å². The lowest BCUT2D eigenvalue weighted by molar-refractivity contribution is -0.0885. The van der Waals surface area contributed by atoms with Crippen molar-refractivity contribution in [3.63, 3.8) is 0 Å². The molecule has 1 aromatic carbocycles. The largest absolute Gasteiger partial charge is 0.455 e. The van der Waals surface area contributed by atoms with Crippen LogP contribution in [0, 0.1) is 0 Å². The van der Waals surface area contributed by atoms with Gasteiger partial charge >= 0.3 is 11.9 Å². The van der Waals surface area contributed by atoms with Crippen molar-refractivity contribution >= 4 is 5.78 Å². The number of nitrogens with zero attached hydrogens (tertiary/aromatic N) is 7. The molecule has 4 aromatic heterocycles. The molecule has 0 radical (unpaired) electrons. The number of hydrogen-bond acceptors (Lipinski definition) is 6. The summed E-state index contributed by atoms with van der Waals surface area (Å²) < 4.78 is 44.0. The van der Waals surface area contributed by atoms with Crippen LogP contribution < -0.4 is 5.69 Å². The molecule has 206 valence electrons. The molecule has 10 nitrogen and oxygen atoms in total. The number of pyridine rings is 1. The van der Waals surface area contributed by atoms with Crippen molar-refractivity contribution in [2.45, 2.75) is 38.9 Å². The van der Waals surface area contributed by atoms with Gasteiger partial charge in [0.1, 0.15) is 5.82 Å². The van der Waals surface area contributed by atoms with Gasteiger partial charge < -0.3 is 4.57 Å². The van der Waals surface area contributed by atoms with Crippen molar-refractivity contribution in [1.29, 1.82) is 0 Å². The minimum Gasteiger partial charge on any atom is -0.336 e. The lowest BCUT2D eigenvalue weighted by Crippen LogP contribution is -2.29. The monoisotopic (exact) mass is 550 g/mol. The van der Waals surface area contributed by atoms with Crippen LogP contribution in [0.4, 0.5) is 13.2 Å². The molecular weight excluding hydrogens is 525 g/mol. The molecule has 0 amide bonds. The summed E-state index contributed by atoms with van der Waals surface area (Å²) in [5.41, 5.74) is 2.47. The molecule has 0 aliphatic carbocycles. The number of unbranched alkanes of at least 4 members (excludes halogenated alkanes) is 1. The summed E-state index contributed by atoms with van der Waals surface area (Å²) >= 11 is 0. The van der Waals surface area contributed by atoms with Gasteiger partial charge in [0.05, 0.1) is 12.1 Å². The number of ketones is 1. The number of hydrogen-bond donors (Lipinski definition) is 1. The summed E-state index contributed by atoms with van der Waals surface area (Å²) in [6, 6.07) is 10.4. The summed E-state index contributed by atoms with van der Waals surface area (Å²) in [5, 5.41) is 14.3. The molecule has 0 bridgehead atoms. The van der Waals surface area contributed by atoms with Crippen LogP contribution in [0.5, 0.6) is 0 Å². The van der Waals surface area contributed by atoms with E-state index in [9.17, 15) is 22.8 Å². The zero-order chi connectivity index (χ0) is 28.4. The molecule has 0 fully saturated rings. The summed E-state index contributed by atoms with van der Waals surface area (Å²) in [5.74, 6) is -1.75. The van der Waals surface area contributed by atoms with Crippen molar-refractivity contribution in [3.05, 3.63) is 88.5 Å². The van der Waals surface area contributed by atoms with E-state index in [0.717, 1.165) is 40.2 Å². The number of carbonyl (C=O) groups is 1. The molecule has 0 aliphatic rings. The normalized spacial score (nSPS) is 11.7. The highest BCUT2D eigenvalue weighted by Gasteiger charge is 2.41. The van der Waals surface area contributed by atoms with Gasteiger partial charge in [-0.2, -0.15) is 18.4 Å². The van der Waals surface area contributed by atoms with Gasteiger partial charge in [0, 0.05) is 43.1 Å². The van der Waals surface area contributed by atoms with E-state index in [2.05, 4.69) is 25.6 Å². The number of H-pyrrole nitrogens is 1. The molecule has 0 atom stereocenters. The molecule has 1 N–H and O–H groups in total. The van der Waals surface area contributed by atoms with Crippen LogP contribution in [0.3, 0.4) is 0 Å². The summed E-state index contributed by atoms with van der Waals surface area (Å²) in [6.45, 7) is 2.10. The molecule has 0 saturated heterocycles. The minimum absolute atomic E-state index is 0.0988. The van der Waals surface area contributed by atoms with E-state index in [-0.39, 0.29) is 12.4 Å². The fourth-order valence-electron chi connectivity index (χ4n) is 4.73. The topological polar surface area (TPSA) is 116 Å². The Kier molecular flexibility index (Phi) is 7.20. The zero-order valence-corrected chi connectivity index (χ0v) is 21.7. The lowest BCUT2D eigenvalue weighted by Gasteiger charge is -2.14. The molecule has 5 aromatic rings. The van der Waals surface area contributed by atoms with Crippen molar-refractivity contribution in [2.24, 2.45) is 7.05 Å². The quantitative estimate of drug-likeness (QED) is 0.273. The second kappa shape index (κ2) is 10.8. The third-order valence-electron chi connectivity index (χ3n) is 6.65. The van der Waals surface area contributed by atoms with Gasteiger partial charge in [-0.15, -0.1) is 10.2 Å². The first kappa shape index (κ1) is 26.8. The Hall–Kier alpha value is -4.81. The van der Waals surface area contributed by atoms with Gasteiger partial charge in [-0.3, -0.25) is 18.9 Å². The fourth-order valence-corrected chi connectivity index (χ4v) is 4.73. The van der Waals surface area contributed by atoms with E-state index >= 15 is 0 Å². The summed E-state index contributed by atoms with van der Waals surface area (Å²) in [7, 11) is 1.49. The minimum atomic E-state index is -5.08. The number of rotatable bonds is 9. The van der Waals surface area contributed by atoms with Crippen LogP contribution in [0.15, 0.2) is 66.0 Å². The Bertz CT molecular complexity index is 1710. The molecule has 40 heavy (non-hydrogen) atoms. The fraction of sp³-hybridized carbons (Fsp3) is 0.259. The molecular formula is C27H25F3N8O2. The van der Waals surface area contributed by atoms with Crippen LogP contribution in [0.1, 0.15) is 41.4 Å². The lowest BCUT2D eigenvalue weighted by atomic mass is 9.96. The Morgan fingerprint density at radius 3 is 2.55 bits per heavy atom. The number of aromatic nitrogens is 8. The second-order valence-electron chi connectivity index (χ2n) is 9.27. The van der Waals surface area contributed by atoms with E-state index < -0.39 is 23.2 Å². The maximum Gasteiger partial charge on any atom is 0.455 e. The van der Waals surface area contributed by atoms with Crippen molar-refractivity contribution in [1.82, 2.24) is 39.3 Å². The Morgan fingerprint density at radius 1 is 1.07 bits per heavy atom. The first-order chi connectivity index (χ1) is 19.2. The maximum atomic E-state index is 13.8. The standard InChI is InChI=1S/C27H25F3N8O2/c1-3-4-7-18-16-38(25-22(11-13-36(25)2)23(39)27(28,29)30)26(40)37(18)15-17-14-31-12-10-19(17)20-8-5-6-9-21(20)24-32-34-35-33-24/h5-6,8-14,16H,3-4,7,15H2,1-2H3,(H,32,33,34,35). The maximum absolute atomic E-state index is 13.8. The van der Waals surface area contributed by atoms with Crippen LogP contribution in [-0.4, -0.2) is 51.3 Å². The van der Waals surface area contributed by atoms with Crippen LogP contribution in [0.25, 0.3) is 28.3 Å². The number of tetrazole rings is 1. The average Bonchev–Trinajstić information content (AvgIpc) is 3.67. The smallest absolute Gasteiger partial charge is 0.336 e. The molecule has 0 saturated carbocycles. The number of Topliss-reactive ketones (excluding diaryl/α,β-unsaturated/α-hetero) is 1. The molecule has 0 unspecified atom stereocenters. The molecule has 0 aliphatic heterocycles. The van der Waals surface area contributed by atoms with Crippen LogP contribution in [-0.2, 0) is 20.0 Å². The van der Waals surface area contributed by atoms with Crippen molar-refractivity contribution in [2.75, 3.05) is 0 Å². The highest BCUT2D eigenvalue weighted by atomic mass is 19.4. The highest BCUT2D eigenvalue weighted by Crippen LogP contribution is 2.32. The SMILES string of the molecule is CCCCc1cn(-c2c(C(=O)C(F)(F)F)ccn2C)c(=O)n1Cc1cnccc1-c1ccccc1-c1nn[nH]n1. The first-order valence-corrected chi connectivity index (χ1v) is 12.5. The Balaban J connectivity index is 1.63. The summed E-state index contributed by atoms with van der Waals surface area (Å²) in [6.07, 6.45) is 3.17. The third kappa shape index (κ3) is 4.97. The molecule has 13 heteroatoms. The van der Waals surface area contributed by atoms with Crippen LogP contribution >= 0.6 is 0 Å². The molecule has 4 heterocycles. The molecule has 0 spiro atoms. The van der Waals surface area contributed by atoms with Gasteiger partial charge in [0.25, 0.3) is 5.78 Å². The Morgan fingerprint density at radius 2 is 1.85 bits per heavy atom. The van der Waals surface area contributed by atoms with E-state index in [1.807, 2.05) is 37.3 Å². The van der Waals surface area contributed by atoms with Crippen molar-refractivity contribution in [3.8, 4) is 28.3 Å². The number of halogens is 3. The van der Waals surface area contributed by atoms with Crippen molar-refractivity contribution < 1.29 is 18.0 Å². The number of nitrogens with one attached hydrogen (secondary N) is 1. The number of benzene rings is 1. The Labute approximate surface area is 226 Å². The van der Waals surface area contributed by atoms with E-state index in [4.69, 9.17) is 0 Å². The van der Waals surface area contributed by atoms with E-state index in [1.54, 1.807) is 12.4 Å². The van der Waals surface area contributed by atoms with Crippen LogP contribution in [0.2, 0.25) is 0 Å². The first-order valence-electron chi connectivity index (χ1n) is 12.5. The number of aryl methyl sites for hydroxylation is 2. The zero-order valence-electron chi connectivity index (χ0n) is 21.7. The van der Waals surface area contributed by atoms with E-state index in [0.29, 0.717) is 23.5 Å². The predicted molar refractivity (Wildman–Crippen MR) is 140 cm³/mol. The summed E-state index contributed by atoms with van der Waals surface area (Å²) in [4.78, 5) is 30.3. The third-order valence-corrected chi connectivity index (χ3v) is 6.65. The second-order valence-corrected chi connectivity index (χ2v) is 9.27. The highest BCUT2D eigenvalue weighted by molar-refractivity contribution is 6.03. The van der Waals surface area contributed by atoms with Gasteiger partial charge in [-0.1, -0.05) is 37.6 Å². The number of carbonyl (C=O) groups excluding carboxylic acids is 1. The number of aromatic amines is 1. The van der Waals surface area contributed by atoms with Gasteiger partial charge in [-0.25, -0.2) is 4.79 Å². The van der Waals surface area contributed by atoms with Gasteiger partial charge in [0.15, 0.2) is 0 Å². The number of imidazole rings is 1. The van der Waals surface area contributed by atoms with Gasteiger partial charge in [0.2, 0.25) is 5.82 Å². The van der Waals surface area contributed by atoms with E-state index in [1.165, 1.54) is 28.6 Å². The number of alkyl halides is 3. The predicted octanol–water partition coefficient (Wildman–Crippen LogP) is 4.36.